The van der Waals surface area contributed by atoms with Gasteiger partial charge in [-0.05, 0) is 31.6 Å². The maximum Gasteiger partial charge on any atom is 0.225 e. The molecule has 3 atom stereocenters. The van der Waals surface area contributed by atoms with E-state index in [4.69, 9.17) is 0 Å². The van der Waals surface area contributed by atoms with Crippen molar-refractivity contribution in [2.45, 2.75) is 77.8 Å². The van der Waals surface area contributed by atoms with Crippen LogP contribution in [0.15, 0.2) is 0 Å². The van der Waals surface area contributed by atoms with E-state index in [2.05, 4.69) is 26.1 Å². The van der Waals surface area contributed by atoms with E-state index in [-0.39, 0.29) is 17.7 Å². The van der Waals surface area contributed by atoms with Gasteiger partial charge in [0.2, 0.25) is 11.8 Å². The molecule has 0 radical (unpaired) electrons. The normalized spacial score (nSPS) is 30.0. The van der Waals surface area contributed by atoms with Crippen molar-refractivity contribution in [3.05, 3.63) is 0 Å². The predicted octanol–water partition coefficient (Wildman–Crippen LogP) is 2.72. The summed E-state index contributed by atoms with van der Waals surface area (Å²) >= 11 is 0. The average Bonchev–Trinajstić information content (AvgIpc) is 2.83. The lowest BCUT2D eigenvalue weighted by Crippen LogP contribution is -2.42. The molecule has 2 amide bonds. The average molecular weight is 294 g/mol. The highest BCUT2D eigenvalue weighted by molar-refractivity contribution is 5.89. The van der Waals surface area contributed by atoms with E-state index >= 15 is 0 Å². The van der Waals surface area contributed by atoms with Crippen molar-refractivity contribution in [2.75, 3.05) is 6.54 Å². The first-order chi connectivity index (χ1) is 10.0. The Morgan fingerprint density at radius 3 is 2.67 bits per heavy atom. The number of nitrogens with one attached hydrogen (secondary N) is 1. The van der Waals surface area contributed by atoms with Crippen molar-refractivity contribution in [3.8, 4) is 0 Å². The van der Waals surface area contributed by atoms with Crippen molar-refractivity contribution >= 4 is 11.8 Å². The molecule has 2 aliphatic rings. The van der Waals surface area contributed by atoms with Crippen LogP contribution < -0.4 is 5.32 Å². The van der Waals surface area contributed by atoms with Crippen molar-refractivity contribution in [2.24, 2.45) is 11.8 Å². The van der Waals surface area contributed by atoms with Gasteiger partial charge in [0.25, 0.3) is 0 Å². The molecule has 0 spiro atoms. The summed E-state index contributed by atoms with van der Waals surface area (Å²) in [6.07, 6.45) is 6.99. The van der Waals surface area contributed by atoms with Crippen LogP contribution in [0, 0.1) is 11.8 Å². The molecule has 1 aliphatic heterocycles. The third-order valence-corrected chi connectivity index (χ3v) is 5.20. The first-order valence-corrected chi connectivity index (χ1v) is 8.64. The van der Waals surface area contributed by atoms with Gasteiger partial charge in [-0.1, -0.05) is 33.6 Å². The lowest BCUT2D eigenvalue weighted by atomic mass is 9.87. The van der Waals surface area contributed by atoms with Gasteiger partial charge in [-0.25, -0.2) is 0 Å². The molecule has 1 N–H and O–H groups in total. The first-order valence-electron chi connectivity index (χ1n) is 8.64. The van der Waals surface area contributed by atoms with E-state index in [0.29, 0.717) is 31.0 Å². The molecule has 120 valence electrons. The van der Waals surface area contributed by atoms with Gasteiger partial charge in [0.15, 0.2) is 0 Å². The van der Waals surface area contributed by atoms with E-state index in [1.807, 2.05) is 4.90 Å². The third-order valence-electron chi connectivity index (χ3n) is 5.20. The highest BCUT2D eigenvalue weighted by Crippen LogP contribution is 2.26. The minimum atomic E-state index is -0.143. The maximum absolute atomic E-state index is 12.4. The highest BCUT2D eigenvalue weighted by Gasteiger charge is 2.37. The molecule has 0 aromatic carbocycles. The third kappa shape index (κ3) is 3.98. The zero-order valence-electron chi connectivity index (χ0n) is 13.7. The van der Waals surface area contributed by atoms with Gasteiger partial charge >= 0.3 is 0 Å². The summed E-state index contributed by atoms with van der Waals surface area (Å²) in [5.74, 6) is 0.808. The van der Waals surface area contributed by atoms with Gasteiger partial charge in [0.1, 0.15) is 0 Å². The molecule has 0 aromatic heterocycles. The zero-order chi connectivity index (χ0) is 15.4. The smallest absolute Gasteiger partial charge is 0.225 e. The lowest BCUT2D eigenvalue weighted by molar-refractivity contribution is -0.130. The molecular weight excluding hydrogens is 264 g/mol. The predicted molar refractivity (Wildman–Crippen MR) is 83.8 cm³/mol. The quantitative estimate of drug-likeness (QED) is 0.847. The van der Waals surface area contributed by atoms with Crippen LogP contribution in [0.1, 0.15) is 65.7 Å². The summed E-state index contributed by atoms with van der Waals surface area (Å²) < 4.78 is 0. The number of amides is 2. The van der Waals surface area contributed by atoms with Gasteiger partial charge in [-0.15, -0.1) is 0 Å². The SMILES string of the molecule is CCC(CC)N1CC(C(=O)NC2CCCC(C)C2)CC1=O. The number of hydrogen-bond donors (Lipinski definition) is 1. The molecule has 2 rings (SSSR count). The Labute approximate surface area is 128 Å². The van der Waals surface area contributed by atoms with Crippen LogP contribution in [-0.2, 0) is 9.59 Å². The molecule has 4 heteroatoms. The fourth-order valence-electron chi connectivity index (χ4n) is 3.87. The first kappa shape index (κ1) is 16.3. The monoisotopic (exact) mass is 294 g/mol. The topological polar surface area (TPSA) is 49.4 Å². The van der Waals surface area contributed by atoms with Gasteiger partial charge in [0.05, 0.1) is 5.92 Å². The summed E-state index contributed by atoms with van der Waals surface area (Å²) in [6, 6.07) is 0.614. The Morgan fingerprint density at radius 2 is 2.05 bits per heavy atom. The Morgan fingerprint density at radius 1 is 1.33 bits per heavy atom. The minimum Gasteiger partial charge on any atom is -0.353 e. The highest BCUT2D eigenvalue weighted by atomic mass is 16.2. The maximum atomic E-state index is 12.4. The number of hydrogen-bond acceptors (Lipinski definition) is 2. The molecule has 1 aliphatic carbocycles. The Kier molecular flexibility index (Phi) is 5.65. The van der Waals surface area contributed by atoms with Crippen molar-refractivity contribution in [3.63, 3.8) is 0 Å². The van der Waals surface area contributed by atoms with Crippen LogP contribution in [0.5, 0.6) is 0 Å². The zero-order valence-corrected chi connectivity index (χ0v) is 13.7. The van der Waals surface area contributed by atoms with Gasteiger partial charge < -0.3 is 10.2 Å². The number of carbonyl (C=O) groups is 2. The summed E-state index contributed by atoms with van der Waals surface area (Å²) in [6.45, 7) is 7.09. The van der Waals surface area contributed by atoms with E-state index in [9.17, 15) is 9.59 Å². The number of rotatable bonds is 5. The van der Waals surface area contributed by atoms with Crippen LogP contribution >= 0.6 is 0 Å². The molecule has 1 saturated carbocycles. The van der Waals surface area contributed by atoms with Crippen LogP contribution in [0.4, 0.5) is 0 Å². The lowest BCUT2D eigenvalue weighted by Gasteiger charge is -2.29. The van der Waals surface area contributed by atoms with Crippen molar-refractivity contribution in [1.82, 2.24) is 10.2 Å². The second-order valence-corrected chi connectivity index (χ2v) is 6.89. The number of nitrogens with zero attached hydrogens (tertiary/aromatic N) is 1. The Balaban J connectivity index is 1.87. The summed E-state index contributed by atoms with van der Waals surface area (Å²) in [4.78, 5) is 26.5. The fourth-order valence-corrected chi connectivity index (χ4v) is 3.87. The van der Waals surface area contributed by atoms with E-state index < -0.39 is 0 Å². The molecular formula is C17H30N2O2. The minimum absolute atomic E-state index is 0.0934. The molecule has 1 saturated heterocycles. The molecule has 3 unspecified atom stereocenters. The second kappa shape index (κ2) is 7.28. The molecule has 0 aromatic rings. The summed E-state index contributed by atoms with van der Waals surface area (Å²) in [5, 5.41) is 3.19. The van der Waals surface area contributed by atoms with Gasteiger partial charge in [-0.3, -0.25) is 9.59 Å². The molecule has 0 bridgehead atoms. The van der Waals surface area contributed by atoms with E-state index in [1.165, 1.54) is 12.8 Å². The Hall–Kier alpha value is -1.06. The molecule has 21 heavy (non-hydrogen) atoms. The number of carbonyl (C=O) groups excluding carboxylic acids is 2. The molecule has 1 heterocycles. The van der Waals surface area contributed by atoms with Crippen molar-refractivity contribution < 1.29 is 9.59 Å². The van der Waals surface area contributed by atoms with Crippen LogP contribution in [0.25, 0.3) is 0 Å². The summed E-state index contributed by atoms with van der Waals surface area (Å²) in [7, 11) is 0. The number of likely N-dealkylation sites (tertiary alicyclic amines) is 1. The van der Waals surface area contributed by atoms with Crippen molar-refractivity contribution in [1.29, 1.82) is 0 Å². The summed E-state index contributed by atoms with van der Waals surface area (Å²) in [5.41, 5.74) is 0. The van der Waals surface area contributed by atoms with Crippen LogP contribution in [0.3, 0.4) is 0 Å². The van der Waals surface area contributed by atoms with Gasteiger partial charge in [0, 0.05) is 25.0 Å². The molecule has 2 fully saturated rings. The fraction of sp³-hybridized carbons (Fsp3) is 0.882. The van der Waals surface area contributed by atoms with Crippen LogP contribution in [-0.4, -0.2) is 35.3 Å². The van der Waals surface area contributed by atoms with E-state index in [1.54, 1.807) is 0 Å². The second-order valence-electron chi connectivity index (χ2n) is 6.89. The standard InChI is InChI=1S/C17H30N2O2/c1-4-15(5-2)19-11-13(10-16(19)20)17(21)18-14-8-6-7-12(3)9-14/h12-15H,4-11H2,1-3H3,(H,18,21). The Bertz CT molecular complexity index is 379. The largest absolute Gasteiger partial charge is 0.353 e. The van der Waals surface area contributed by atoms with Crippen LogP contribution in [0.2, 0.25) is 0 Å². The molecule has 4 nitrogen and oxygen atoms in total. The van der Waals surface area contributed by atoms with Gasteiger partial charge in [-0.2, -0.15) is 0 Å². The van der Waals surface area contributed by atoms with E-state index in [0.717, 1.165) is 25.7 Å².